The Kier molecular flexibility index (Phi) is 6.26. The average molecular weight is 622 g/mol. The van der Waals surface area contributed by atoms with Crippen molar-refractivity contribution in [2.75, 3.05) is 18.2 Å². The minimum absolute atomic E-state index is 0.0793. The van der Waals surface area contributed by atoms with Crippen molar-refractivity contribution in [2.24, 2.45) is 51.8 Å². The summed E-state index contributed by atoms with van der Waals surface area (Å²) in [4.78, 5) is 13.7. The van der Waals surface area contributed by atoms with E-state index >= 15 is 0 Å². The lowest BCUT2D eigenvalue weighted by atomic mass is 9.41. The maximum atomic E-state index is 13.7. The molecule has 0 radical (unpaired) electrons. The second kappa shape index (κ2) is 9.53. The molecule has 1 spiro atoms. The van der Waals surface area contributed by atoms with Crippen LogP contribution in [-0.2, 0) is 16.0 Å². The topological polar surface area (TPSA) is 78.8 Å². The van der Waals surface area contributed by atoms with Gasteiger partial charge in [-0.2, -0.15) is 0 Å². The summed E-state index contributed by atoms with van der Waals surface area (Å²) in [6, 6.07) is 9.13. The highest BCUT2D eigenvalue weighted by molar-refractivity contribution is 8.77. The first kappa shape index (κ1) is 28.3. The molecule has 43 heavy (non-hydrogen) atoms. The van der Waals surface area contributed by atoms with Gasteiger partial charge in [0.2, 0.25) is 0 Å². The molecule has 232 valence electrons. The summed E-state index contributed by atoms with van der Waals surface area (Å²) in [7, 11) is 5.78. The lowest BCUT2D eigenvalue weighted by molar-refractivity contribution is -0.231. The number of aliphatic hydroxyl groups excluding tert-OH is 1. The van der Waals surface area contributed by atoms with Gasteiger partial charge in [0.25, 0.3) is 0 Å². The number of ketones is 1. The van der Waals surface area contributed by atoms with Crippen molar-refractivity contribution in [1.82, 2.24) is 0 Å². The van der Waals surface area contributed by atoms with E-state index in [4.69, 9.17) is 4.74 Å². The Balaban J connectivity index is 1.15. The van der Waals surface area contributed by atoms with Crippen molar-refractivity contribution in [3.63, 3.8) is 0 Å². The zero-order chi connectivity index (χ0) is 29.4. The van der Waals surface area contributed by atoms with Gasteiger partial charge in [0.1, 0.15) is 11.4 Å². The zero-order valence-corrected chi connectivity index (χ0v) is 27.2. The summed E-state index contributed by atoms with van der Waals surface area (Å²) in [6.45, 7) is 2.56. The van der Waals surface area contributed by atoms with E-state index in [1.165, 1.54) is 24.8 Å². The molecule has 8 aliphatic rings. The van der Waals surface area contributed by atoms with Crippen LogP contribution < -0.4 is 5.32 Å². The number of Topliss-reactive ketones (excluding diaryl/α,β-unsaturated/α-hetero) is 1. The summed E-state index contributed by atoms with van der Waals surface area (Å²) in [5.74, 6) is 3.42. The van der Waals surface area contributed by atoms with E-state index in [1.54, 1.807) is 7.11 Å². The molecule has 0 unspecified atom stereocenters. The summed E-state index contributed by atoms with van der Waals surface area (Å²) in [5, 5.41) is 28.1. The molecule has 3 N–H and O–H groups in total. The van der Waals surface area contributed by atoms with Gasteiger partial charge in [-0.15, -0.1) is 0 Å². The minimum atomic E-state index is -1.05. The number of hydrogen-bond donors (Lipinski definition) is 3. The lowest BCUT2D eigenvalue weighted by Gasteiger charge is -2.63. The Bertz CT molecular complexity index is 1370. The highest BCUT2D eigenvalue weighted by Gasteiger charge is 2.90. The number of methoxy groups -OCH3 is 1. The number of aliphatic hydroxyl groups is 2. The molecule has 7 heteroatoms. The monoisotopic (exact) mass is 621 g/mol. The fourth-order valence-electron chi connectivity index (χ4n) is 13.8. The first-order valence-electron chi connectivity index (χ1n) is 17.0. The van der Waals surface area contributed by atoms with E-state index in [2.05, 4.69) is 59.5 Å². The Morgan fingerprint density at radius 1 is 1.16 bits per heavy atom. The zero-order valence-electron chi connectivity index (χ0n) is 25.5. The second-order valence-corrected chi connectivity index (χ2v) is 18.5. The summed E-state index contributed by atoms with van der Waals surface area (Å²) in [5.41, 5.74) is 1.20. The highest BCUT2D eigenvalue weighted by atomic mass is 33.1. The van der Waals surface area contributed by atoms with Crippen LogP contribution in [0.2, 0.25) is 0 Å². The summed E-state index contributed by atoms with van der Waals surface area (Å²) >= 11 is 0. The molecular formula is C36H47NO4S2. The average Bonchev–Trinajstić information content (AvgIpc) is 3.54. The number of anilines is 1. The molecule has 0 amide bonds. The number of carbonyl (C=O) groups excluding carboxylic acids is 1. The molecule has 7 aliphatic carbocycles. The first-order chi connectivity index (χ1) is 20.8. The van der Waals surface area contributed by atoms with Gasteiger partial charge >= 0.3 is 0 Å². The molecular weight excluding hydrogens is 575 g/mol. The molecule has 14 atom stereocenters. The van der Waals surface area contributed by atoms with Crippen molar-refractivity contribution in [3.05, 3.63) is 42.0 Å². The van der Waals surface area contributed by atoms with Crippen LogP contribution in [-0.4, -0.2) is 58.0 Å². The van der Waals surface area contributed by atoms with E-state index in [0.29, 0.717) is 35.3 Å². The highest BCUT2D eigenvalue weighted by Crippen LogP contribution is 2.89. The van der Waals surface area contributed by atoms with Crippen molar-refractivity contribution in [1.29, 1.82) is 0 Å². The fourth-order valence-corrected chi connectivity index (χ4v) is 17.1. The van der Waals surface area contributed by atoms with Crippen LogP contribution >= 0.6 is 21.6 Å². The minimum Gasteiger partial charge on any atom is -0.391 e. The number of benzene rings is 1. The van der Waals surface area contributed by atoms with Crippen molar-refractivity contribution < 1.29 is 19.7 Å². The molecule has 0 aromatic heterocycles. The predicted molar refractivity (Wildman–Crippen MR) is 173 cm³/mol. The van der Waals surface area contributed by atoms with Gasteiger partial charge in [0.05, 0.1) is 24.2 Å². The SMILES string of the molecule is CO[C@@H]1CC(=O)[C@H]2[C@@H]3C[C@@H]4CC[C@]56C[C@H]7CSS[C@@H]8CCC[C@H](O)[C@H]8Nc8cccc(c8)C[C@H]7[C@@H]5C=CC[C@@]4([C@@]12O)[C@]36C. The quantitative estimate of drug-likeness (QED) is 0.251. The number of ether oxygens (including phenoxy) is 1. The van der Waals surface area contributed by atoms with Crippen LogP contribution in [0, 0.1) is 51.8 Å². The van der Waals surface area contributed by atoms with Crippen molar-refractivity contribution >= 4 is 33.1 Å². The van der Waals surface area contributed by atoms with Crippen LogP contribution in [0.25, 0.3) is 0 Å². The number of nitrogens with one attached hydrogen (secondary N) is 1. The fraction of sp³-hybridized carbons (Fsp3) is 0.750. The van der Waals surface area contributed by atoms with Gasteiger partial charge in [-0.3, -0.25) is 4.79 Å². The van der Waals surface area contributed by atoms with Crippen molar-refractivity contribution in [2.45, 2.75) is 100 Å². The second-order valence-electron chi connectivity index (χ2n) is 15.9. The van der Waals surface area contributed by atoms with E-state index in [1.807, 2.05) is 10.8 Å². The smallest absolute Gasteiger partial charge is 0.141 e. The van der Waals surface area contributed by atoms with Gasteiger partial charge in [-0.25, -0.2) is 0 Å². The number of rotatable bonds is 1. The molecule has 1 aromatic rings. The summed E-state index contributed by atoms with van der Waals surface area (Å²) in [6.07, 6.45) is 14.5. The van der Waals surface area contributed by atoms with Gasteiger partial charge in [0, 0.05) is 35.6 Å². The number of hydrogen-bond acceptors (Lipinski definition) is 7. The maximum Gasteiger partial charge on any atom is 0.141 e. The normalized spacial score (nSPS) is 54.4. The van der Waals surface area contributed by atoms with Gasteiger partial charge in [0.15, 0.2) is 0 Å². The van der Waals surface area contributed by atoms with E-state index in [0.717, 1.165) is 50.0 Å². The number of fused-ring (bicyclic) bond motifs is 7. The first-order valence-corrected chi connectivity index (χ1v) is 19.4. The third kappa shape index (κ3) is 3.28. The Morgan fingerprint density at radius 3 is 2.91 bits per heavy atom. The largest absolute Gasteiger partial charge is 0.391 e. The molecule has 0 saturated heterocycles. The van der Waals surface area contributed by atoms with Crippen LogP contribution in [0.15, 0.2) is 36.4 Å². The van der Waals surface area contributed by atoms with Gasteiger partial charge < -0.3 is 20.3 Å². The van der Waals surface area contributed by atoms with E-state index in [9.17, 15) is 15.0 Å². The molecule has 1 aromatic carbocycles. The third-order valence-corrected chi connectivity index (χ3v) is 18.1. The Hall–Kier alpha value is -0.990. The van der Waals surface area contributed by atoms with Crippen LogP contribution in [0.1, 0.15) is 70.3 Å². The van der Waals surface area contributed by atoms with Crippen LogP contribution in [0.5, 0.6) is 0 Å². The molecule has 6 fully saturated rings. The summed E-state index contributed by atoms with van der Waals surface area (Å²) < 4.78 is 6.03. The number of carbonyl (C=O) groups is 1. The van der Waals surface area contributed by atoms with E-state index in [-0.39, 0.29) is 52.1 Å². The molecule has 6 saturated carbocycles. The van der Waals surface area contributed by atoms with E-state index < -0.39 is 5.60 Å². The molecule has 7 bridgehead atoms. The molecule has 1 heterocycles. The molecule has 1 aliphatic heterocycles. The predicted octanol–water partition coefficient (Wildman–Crippen LogP) is 6.29. The van der Waals surface area contributed by atoms with Crippen LogP contribution in [0.3, 0.4) is 0 Å². The van der Waals surface area contributed by atoms with Crippen molar-refractivity contribution in [3.8, 4) is 0 Å². The Morgan fingerprint density at radius 2 is 2.05 bits per heavy atom. The Labute approximate surface area is 264 Å². The maximum absolute atomic E-state index is 13.7. The lowest BCUT2D eigenvalue weighted by Crippen LogP contribution is -2.65. The molecule has 5 nitrogen and oxygen atoms in total. The van der Waals surface area contributed by atoms with Crippen LogP contribution in [0.4, 0.5) is 5.69 Å². The van der Waals surface area contributed by atoms with Gasteiger partial charge in [-0.1, -0.05) is 52.8 Å². The number of allylic oxidation sites excluding steroid dienone is 2. The molecule has 9 rings (SSSR count). The third-order valence-electron chi connectivity index (χ3n) is 15.1. The standard InChI is InChI=1S/C36H47NO4S2/c1-33-26-16-22-11-13-34(33)18-21-19-42-43-29-10-4-9-27(38)32(29)37-23-7-3-6-20(14-23)15-24(21)25(34)8-5-12-35(22,33)36(40)30(41-2)17-28(39)31(26)36/h3,5-8,14,21-22,24-27,29-32,37-38,40H,4,9-13,15-19H2,1-2H3/t21-,22-,24+,25-,26-,27-,29+,30+,31+,32+,33+,34-,35-,36+/m0/s1. The van der Waals surface area contributed by atoms with Gasteiger partial charge in [-0.05, 0) is 116 Å².